The second kappa shape index (κ2) is 8.38. The average molecular weight is 517 g/mol. The summed E-state index contributed by atoms with van der Waals surface area (Å²) in [5, 5.41) is 9.62. The molecule has 0 amide bonds. The van der Waals surface area contributed by atoms with Crippen molar-refractivity contribution in [3.63, 3.8) is 0 Å². The molecule has 40 heavy (non-hydrogen) atoms. The van der Waals surface area contributed by atoms with E-state index in [1.165, 1.54) is 10.8 Å². The molecule has 7 nitrogen and oxygen atoms in total. The second-order valence-corrected chi connectivity index (χ2v) is 9.69. The fourth-order valence-electron chi connectivity index (χ4n) is 5.70. The Morgan fingerprint density at radius 3 is 2.20 bits per heavy atom. The van der Waals surface area contributed by atoms with Crippen LogP contribution in [0.5, 0.6) is 11.6 Å². The molecule has 7 heteroatoms. The van der Waals surface area contributed by atoms with Crippen LogP contribution in [0.3, 0.4) is 0 Å². The summed E-state index contributed by atoms with van der Waals surface area (Å²) in [5.41, 5.74) is 4.33. The van der Waals surface area contributed by atoms with Gasteiger partial charge in [-0.25, -0.2) is 14.3 Å². The second-order valence-electron chi connectivity index (χ2n) is 9.69. The zero-order chi connectivity index (χ0) is 26.8. The summed E-state index contributed by atoms with van der Waals surface area (Å²) in [7, 11) is 0. The molecule has 0 radical (unpaired) electrons. The van der Waals surface area contributed by atoms with E-state index in [0.29, 0.717) is 23.1 Å². The monoisotopic (exact) mass is 516 g/mol. The molecule has 0 saturated carbocycles. The number of benzene rings is 4. The predicted octanol–water partition coefficient (Wildman–Crippen LogP) is 8.18. The number of fused-ring (bicyclic) bond motifs is 9. The summed E-state index contributed by atoms with van der Waals surface area (Å²) < 4.78 is 10.3. The van der Waals surface area contributed by atoms with Crippen LogP contribution in [-0.2, 0) is 0 Å². The summed E-state index contributed by atoms with van der Waals surface area (Å²) in [5.74, 6) is 2.55. The van der Waals surface area contributed by atoms with E-state index in [4.69, 9.17) is 21.3 Å². The van der Waals surface area contributed by atoms with Gasteiger partial charge in [0.15, 0.2) is 11.3 Å². The van der Waals surface area contributed by atoms with Crippen LogP contribution >= 0.6 is 0 Å². The normalized spacial score (nSPS) is 11.6. The maximum absolute atomic E-state index is 7.73. The van der Waals surface area contributed by atoms with Crippen LogP contribution in [0.2, 0.25) is 0 Å². The van der Waals surface area contributed by atoms with E-state index >= 15 is 0 Å². The highest BCUT2D eigenvalue weighted by molar-refractivity contribution is 6.16. The molecular weight excluding hydrogens is 496 g/mol. The minimum absolute atomic E-state index is 0.481. The number of rotatable bonds is 3. The Bertz CT molecular complexity index is 2290. The maximum Gasteiger partial charge on any atom is 0.221 e. The van der Waals surface area contributed by atoms with E-state index in [1.54, 1.807) is 0 Å². The number of aryl methyl sites for hydroxylation is 1. The van der Waals surface area contributed by atoms with Gasteiger partial charge in [0.05, 0.1) is 23.1 Å². The van der Waals surface area contributed by atoms with Crippen molar-refractivity contribution in [3.8, 4) is 17.4 Å². The molecule has 8 aromatic rings. The Balaban J connectivity index is 1.28. The fraction of sp³-hybridized carbons (Fsp3) is 0.0303. The lowest BCUT2D eigenvalue weighted by atomic mass is 10.0. The number of nitrogens with zero attached hydrogens (tertiary/aromatic N) is 6. The third-order valence-electron chi connectivity index (χ3n) is 7.32. The summed E-state index contributed by atoms with van der Waals surface area (Å²) in [6, 6.07) is 34.1. The first-order valence-electron chi connectivity index (χ1n) is 12.9. The standard InChI is InChI=1S/C33H20N6O/c1-20-35-33-25-19-21(17-18-24(25)32-26(34-2)11-7-14-29(32)39(33)37-20)40-31-16-8-15-30(36-31)38-27-12-5-3-9-22(27)23-10-4-6-13-28(23)38/h3-19H,1H3. The van der Waals surface area contributed by atoms with E-state index in [9.17, 15) is 0 Å². The van der Waals surface area contributed by atoms with Crippen LogP contribution in [0, 0.1) is 13.5 Å². The first-order chi connectivity index (χ1) is 19.7. The first kappa shape index (κ1) is 22.3. The molecule has 188 valence electrons. The zero-order valence-electron chi connectivity index (χ0n) is 21.4. The number of hydrogen-bond acceptors (Lipinski definition) is 4. The smallest absolute Gasteiger partial charge is 0.221 e. The highest BCUT2D eigenvalue weighted by Crippen LogP contribution is 2.37. The van der Waals surface area contributed by atoms with Crippen molar-refractivity contribution < 1.29 is 4.74 Å². The summed E-state index contributed by atoms with van der Waals surface area (Å²) in [4.78, 5) is 13.4. The van der Waals surface area contributed by atoms with Gasteiger partial charge in [-0.2, -0.15) is 10.1 Å². The SMILES string of the molecule is [C-]#[N+]c1cccc2c1c1ccc(Oc3cccc(-n4c5ccccc5c5ccccc54)n3)cc1c1nc(C)nn21. The van der Waals surface area contributed by atoms with Crippen molar-refractivity contribution in [3.05, 3.63) is 120 Å². The molecule has 0 aliphatic carbocycles. The molecule has 4 heterocycles. The molecule has 4 aromatic carbocycles. The molecule has 0 fully saturated rings. The Morgan fingerprint density at radius 1 is 0.700 bits per heavy atom. The molecule has 0 unspecified atom stereocenters. The Hall–Kier alpha value is -5.74. The number of ether oxygens (including phenoxy) is 1. The number of para-hydroxylation sites is 2. The Kier molecular flexibility index (Phi) is 4.67. The predicted molar refractivity (Wildman–Crippen MR) is 158 cm³/mol. The van der Waals surface area contributed by atoms with Crippen LogP contribution < -0.4 is 4.74 Å². The summed E-state index contributed by atoms with van der Waals surface area (Å²) in [6.07, 6.45) is 0. The zero-order valence-corrected chi connectivity index (χ0v) is 21.4. The van der Waals surface area contributed by atoms with Gasteiger partial charge in [0.25, 0.3) is 0 Å². The summed E-state index contributed by atoms with van der Waals surface area (Å²) in [6.45, 7) is 9.60. The van der Waals surface area contributed by atoms with Gasteiger partial charge < -0.3 is 4.74 Å². The van der Waals surface area contributed by atoms with Crippen LogP contribution in [0.15, 0.2) is 103 Å². The van der Waals surface area contributed by atoms with Gasteiger partial charge in [-0.05, 0) is 48.7 Å². The van der Waals surface area contributed by atoms with Crippen LogP contribution in [0.1, 0.15) is 5.82 Å². The van der Waals surface area contributed by atoms with E-state index in [0.717, 1.165) is 44.2 Å². The summed E-state index contributed by atoms with van der Waals surface area (Å²) >= 11 is 0. The number of pyridine rings is 2. The lowest BCUT2D eigenvalue weighted by Gasteiger charge is -2.12. The Morgan fingerprint density at radius 2 is 1.43 bits per heavy atom. The van der Waals surface area contributed by atoms with Crippen molar-refractivity contribution in [2.24, 2.45) is 0 Å². The van der Waals surface area contributed by atoms with E-state index in [2.05, 4.69) is 50.9 Å². The van der Waals surface area contributed by atoms with E-state index in [1.807, 2.05) is 78.2 Å². The van der Waals surface area contributed by atoms with E-state index in [-0.39, 0.29) is 0 Å². The van der Waals surface area contributed by atoms with Gasteiger partial charge in [-0.15, -0.1) is 0 Å². The molecule has 0 saturated heterocycles. The van der Waals surface area contributed by atoms with Crippen LogP contribution in [0.25, 0.3) is 59.8 Å². The van der Waals surface area contributed by atoms with Crippen molar-refractivity contribution in [1.29, 1.82) is 0 Å². The highest BCUT2D eigenvalue weighted by atomic mass is 16.5. The minimum atomic E-state index is 0.481. The molecule has 0 N–H and O–H groups in total. The topological polar surface area (TPSA) is 61.6 Å². The minimum Gasteiger partial charge on any atom is -0.439 e. The lowest BCUT2D eigenvalue weighted by Crippen LogP contribution is -1.99. The molecule has 0 aliphatic heterocycles. The average Bonchev–Trinajstić information content (AvgIpc) is 3.55. The quantitative estimate of drug-likeness (QED) is 0.175. The molecule has 0 spiro atoms. The maximum atomic E-state index is 7.73. The van der Waals surface area contributed by atoms with Crippen LogP contribution in [-0.4, -0.2) is 24.1 Å². The van der Waals surface area contributed by atoms with Gasteiger partial charge in [0, 0.05) is 27.6 Å². The third kappa shape index (κ3) is 3.20. The third-order valence-corrected chi connectivity index (χ3v) is 7.32. The van der Waals surface area contributed by atoms with Gasteiger partial charge in [-0.3, -0.25) is 4.57 Å². The molecule has 0 atom stereocenters. The van der Waals surface area contributed by atoms with Gasteiger partial charge in [0.1, 0.15) is 17.4 Å². The number of aromatic nitrogens is 5. The lowest BCUT2D eigenvalue weighted by molar-refractivity contribution is 0.463. The van der Waals surface area contributed by atoms with Crippen molar-refractivity contribution in [2.75, 3.05) is 0 Å². The van der Waals surface area contributed by atoms with Crippen molar-refractivity contribution in [1.82, 2.24) is 24.1 Å². The van der Waals surface area contributed by atoms with Crippen molar-refractivity contribution >= 4 is 54.8 Å². The van der Waals surface area contributed by atoms with Crippen molar-refractivity contribution in [2.45, 2.75) is 6.92 Å². The molecule has 0 bridgehead atoms. The first-order valence-corrected chi connectivity index (χ1v) is 12.9. The number of hydrogen-bond donors (Lipinski definition) is 0. The van der Waals surface area contributed by atoms with E-state index < -0.39 is 0 Å². The Labute approximate surface area is 228 Å². The molecule has 8 rings (SSSR count). The highest BCUT2D eigenvalue weighted by Gasteiger charge is 2.16. The van der Waals surface area contributed by atoms with Gasteiger partial charge in [-0.1, -0.05) is 60.7 Å². The van der Waals surface area contributed by atoms with Crippen LogP contribution in [0.4, 0.5) is 5.69 Å². The molecule has 0 aliphatic rings. The van der Waals surface area contributed by atoms with Gasteiger partial charge >= 0.3 is 0 Å². The van der Waals surface area contributed by atoms with Gasteiger partial charge in [0.2, 0.25) is 5.88 Å². The molecular formula is C33H20N6O. The largest absolute Gasteiger partial charge is 0.439 e. The molecule has 4 aromatic heterocycles. The fourth-order valence-corrected chi connectivity index (χ4v) is 5.70.